The van der Waals surface area contributed by atoms with Gasteiger partial charge in [-0.05, 0) is 37.8 Å². The average molecular weight is 230 g/mol. The van der Waals surface area contributed by atoms with Gasteiger partial charge in [-0.1, -0.05) is 0 Å². The van der Waals surface area contributed by atoms with Crippen LogP contribution in [0.5, 0.6) is 0 Å². The Balaban J connectivity index is 2.08. The lowest BCUT2D eigenvalue weighted by Crippen LogP contribution is -2.38. The van der Waals surface area contributed by atoms with E-state index in [1.54, 1.807) is 6.20 Å². The van der Waals surface area contributed by atoms with Gasteiger partial charge in [0.05, 0.1) is 0 Å². The fourth-order valence-corrected chi connectivity index (χ4v) is 2.40. The summed E-state index contributed by atoms with van der Waals surface area (Å²) in [5.74, 6) is 0. The number of hydrogen-bond donors (Lipinski definition) is 1. The SMILES string of the molecule is CN(c1ccnc(C#N)c1)C1CCC(N)CC1. The van der Waals surface area contributed by atoms with Gasteiger partial charge in [-0.2, -0.15) is 5.26 Å². The fourth-order valence-electron chi connectivity index (χ4n) is 2.40. The third-order valence-corrected chi connectivity index (χ3v) is 3.55. The molecule has 0 saturated heterocycles. The first-order chi connectivity index (χ1) is 8.20. The Morgan fingerprint density at radius 3 is 2.76 bits per heavy atom. The Kier molecular flexibility index (Phi) is 3.60. The molecule has 0 unspecified atom stereocenters. The number of rotatable bonds is 2. The third-order valence-electron chi connectivity index (χ3n) is 3.55. The standard InChI is InChI=1S/C13H18N4/c1-17(12-4-2-10(15)3-5-12)13-6-7-16-11(8-13)9-14/h6-8,10,12H,2-5,15H2,1H3. The van der Waals surface area contributed by atoms with Gasteiger partial charge in [0.25, 0.3) is 0 Å². The Bertz CT molecular complexity index is 416. The van der Waals surface area contributed by atoms with Crippen molar-refractivity contribution in [1.82, 2.24) is 4.98 Å². The quantitative estimate of drug-likeness (QED) is 0.839. The van der Waals surface area contributed by atoms with Crippen LogP contribution in [0.2, 0.25) is 0 Å². The smallest absolute Gasteiger partial charge is 0.142 e. The van der Waals surface area contributed by atoms with E-state index >= 15 is 0 Å². The maximum atomic E-state index is 8.84. The summed E-state index contributed by atoms with van der Waals surface area (Å²) in [6.45, 7) is 0. The summed E-state index contributed by atoms with van der Waals surface area (Å²) >= 11 is 0. The Labute approximate surface area is 102 Å². The molecule has 0 spiro atoms. The van der Waals surface area contributed by atoms with E-state index < -0.39 is 0 Å². The lowest BCUT2D eigenvalue weighted by molar-refractivity contribution is 0.385. The number of pyridine rings is 1. The topological polar surface area (TPSA) is 65.9 Å². The number of nitriles is 1. The molecule has 0 bridgehead atoms. The van der Waals surface area contributed by atoms with E-state index in [1.165, 1.54) is 0 Å². The minimum atomic E-state index is 0.367. The Morgan fingerprint density at radius 2 is 2.12 bits per heavy atom. The van der Waals surface area contributed by atoms with Gasteiger partial charge in [0, 0.05) is 31.0 Å². The van der Waals surface area contributed by atoms with Crippen LogP contribution in [0, 0.1) is 11.3 Å². The maximum absolute atomic E-state index is 8.84. The first-order valence-electron chi connectivity index (χ1n) is 6.05. The van der Waals surface area contributed by atoms with Gasteiger partial charge in [0.15, 0.2) is 0 Å². The molecule has 1 aromatic rings. The van der Waals surface area contributed by atoms with Crippen molar-refractivity contribution in [3.8, 4) is 6.07 Å². The van der Waals surface area contributed by atoms with Crippen LogP contribution in [0.25, 0.3) is 0 Å². The molecule has 4 heteroatoms. The van der Waals surface area contributed by atoms with Gasteiger partial charge >= 0.3 is 0 Å². The van der Waals surface area contributed by atoms with Crippen LogP contribution >= 0.6 is 0 Å². The van der Waals surface area contributed by atoms with Crippen molar-refractivity contribution in [2.24, 2.45) is 5.73 Å². The largest absolute Gasteiger partial charge is 0.371 e. The van der Waals surface area contributed by atoms with Gasteiger partial charge in [-0.25, -0.2) is 4.98 Å². The molecule has 1 aromatic heterocycles. The van der Waals surface area contributed by atoms with Crippen LogP contribution in [0.4, 0.5) is 5.69 Å². The summed E-state index contributed by atoms with van der Waals surface area (Å²) in [6.07, 6.45) is 6.12. The summed E-state index contributed by atoms with van der Waals surface area (Å²) in [4.78, 5) is 6.23. The molecule has 2 N–H and O–H groups in total. The van der Waals surface area contributed by atoms with Crippen LogP contribution in [0.1, 0.15) is 31.4 Å². The van der Waals surface area contributed by atoms with Gasteiger partial charge in [-0.15, -0.1) is 0 Å². The molecular formula is C13H18N4. The molecule has 1 heterocycles. The van der Waals surface area contributed by atoms with Crippen molar-refractivity contribution in [2.45, 2.75) is 37.8 Å². The van der Waals surface area contributed by atoms with Crippen molar-refractivity contribution < 1.29 is 0 Å². The van der Waals surface area contributed by atoms with Crippen molar-refractivity contribution in [1.29, 1.82) is 5.26 Å². The van der Waals surface area contributed by atoms with Crippen LogP contribution < -0.4 is 10.6 Å². The van der Waals surface area contributed by atoms with E-state index in [-0.39, 0.29) is 0 Å². The second-order valence-corrected chi connectivity index (χ2v) is 4.69. The summed E-state index contributed by atoms with van der Waals surface area (Å²) < 4.78 is 0. The van der Waals surface area contributed by atoms with E-state index in [2.05, 4.69) is 23.0 Å². The highest BCUT2D eigenvalue weighted by molar-refractivity contribution is 5.49. The molecule has 1 aliphatic carbocycles. The summed E-state index contributed by atoms with van der Waals surface area (Å²) in [5.41, 5.74) is 7.45. The van der Waals surface area contributed by atoms with Gasteiger partial charge in [-0.3, -0.25) is 0 Å². The average Bonchev–Trinajstić information content (AvgIpc) is 2.39. The first-order valence-corrected chi connectivity index (χ1v) is 6.05. The number of anilines is 1. The molecule has 1 aliphatic rings. The Morgan fingerprint density at radius 1 is 1.41 bits per heavy atom. The molecule has 0 radical (unpaired) electrons. The second-order valence-electron chi connectivity index (χ2n) is 4.69. The highest BCUT2D eigenvalue weighted by atomic mass is 15.1. The summed E-state index contributed by atoms with van der Waals surface area (Å²) in [5, 5.41) is 8.84. The zero-order chi connectivity index (χ0) is 12.3. The van der Waals surface area contributed by atoms with E-state index in [1.807, 2.05) is 12.1 Å². The van der Waals surface area contributed by atoms with E-state index in [4.69, 9.17) is 11.0 Å². The molecule has 90 valence electrons. The van der Waals surface area contributed by atoms with Crippen LogP contribution in [-0.2, 0) is 0 Å². The van der Waals surface area contributed by atoms with Gasteiger partial charge in [0.2, 0.25) is 0 Å². The molecule has 1 fully saturated rings. The lowest BCUT2D eigenvalue weighted by atomic mass is 9.91. The maximum Gasteiger partial charge on any atom is 0.142 e. The summed E-state index contributed by atoms with van der Waals surface area (Å²) in [7, 11) is 2.08. The minimum Gasteiger partial charge on any atom is -0.371 e. The van der Waals surface area contributed by atoms with Crippen LogP contribution in [-0.4, -0.2) is 24.1 Å². The first kappa shape index (κ1) is 11.9. The molecule has 0 aromatic carbocycles. The van der Waals surface area contributed by atoms with Crippen molar-refractivity contribution in [2.75, 3.05) is 11.9 Å². The zero-order valence-corrected chi connectivity index (χ0v) is 10.1. The third kappa shape index (κ3) is 2.75. The number of aromatic nitrogens is 1. The molecular weight excluding hydrogens is 212 g/mol. The molecule has 0 aliphatic heterocycles. The highest BCUT2D eigenvalue weighted by Crippen LogP contribution is 2.25. The molecule has 2 rings (SSSR count). The van der Waals surface area contributed by atoms with E-state index in [9.17, 15) is 0 Å². The van der Waals surface area contributed by atoms with Crippen LogP contribution in [0.3, 0.4) is 0 Å². The van der Waals surface area contributed by atoms with Crippen molar-refractivity contribution in [3.05, 3.63) is 24.0 Å². The predicted octanol–water partition coefficient (Wildman–Crippen LogP) is 1.66. The number of nitrogens with zero attached hydrogens (tertiary/aromatic N) is 3. The van der Waals surface area contributed by atoms with Crippen molar-refractivity contribution >= 4 is 5.69 Å². The summed E-state index contributed by atoms with van der Waals surface area (Å²) in [6, 6.07) is 6.77. The fraction of sp³-hybridized carbons (Fsp3) is 0.538. The number of hydrogen-bond acceptors (Lipinski definition) is 4. The lowest BCUT2D eigenvalue weighted by Gasteiger charge is -2.34. The zero-order valence-electron chi connectivity index (χ0n) is 10.1. The highest BCUT2D eigenvalue weighted by Gasteiger charge is 2.22. The van der Waals surface area contributed by atoms with Gasteiger partial charge < -0.3 is 10.6 Å². The van der Waals surface area contributed by atoms with Crippen molar-refractivity contribution in [3.63, 3.8) is 0 Å². The molecule has 0 amide bonds. The molecule has 1 saturated carbocycles. The van der Waals surface area contributed by atoms with E-state index in [0.717, 1.165) is 31.4 Å². The normalized spacial score (nSPS) is 24.1. The molecule has 17 heavy (non-hydrogen) atoms. The van der Waals surface area contributed by atoms with E-state index in [0.29, 0.717) is 17.8 Å². The predicted molar refractivity (Wildman–Crippen MR) is 67.6 cm³/mol. The van der Waals surface area contributed by atoms with Gasteiger partial charge in [0.1, 0.15) is 11.8 Å². The monoisotopic (exact) mass is 230 g/mol. The Hall–Kier alpha value is -1.60. The second kappa shape index (κ2) is 5.15. The number of nitrogens with two attached hydrogens (primary N) is 1. The molecule has 4 nitrogen and oxygen atoms in total. The van der Waals surface area contributed by atoms with Crippen LogP contribution in [0.15, 0.2) is 18.3 Å². The minimum absolute atomic E-state index is 0.367. The molecule has 0 atom stereocenters.